The summed E-state index contributed by atoms with van der Waals surface area (Å²) in [6.07, 6.45) is 3.56. The Morgan fingerprint density at radius 3 is 2.33 bits per heavy atom. The van der Waals surface area contributed by atoms with Gasteiger partial charge in [-0.05, 0) is 23.8 Å². The predicted octanol–water partition coefficient (Wildman–Crippen LogP) is 2.45. The summed E-state index contributed by atoms with van der Waals surface area (Å²) >= 11 is 11.9. The maximum absolute atomic E-state index is 12.3. The zero-order chi connectivity index (χ0) is 17.6. The van der Waals surface area contributed by atoms with Crippen LogP contribution in [0.2, 0.25) is 10.0 Å². The molecule has 2 aromatic heterocycles. The summed E-state index contributed by atoms with van der Waals surface area (Å²) in [5.74, 6) is 0.550. The molecule has 0 atom stereocenters. The van der Waals surface area contributed by atoms with Crippen molar-refractivity contribution in [2.45, 2.75) is 0 Å². The van der Waals surface area contributed by atoms with Gasteiger partial charge >= 0.3 is 5.69 Å². The van der Waals surface area contributed by atoms with Crippen molar-refractivity contribution in [2.24, 2.45) is 21.1 Å². The fourth-order valence-corrected chi connectivity index (χ4v) is 2.78. The molecule has 8 heteroatoms. The lowest BCUT2D eigenvalue weighted by Gasteiger charge is -2.03. The second-order valence-corrected chi connectivity index (χ2v) is 6.23. The Kier molecular flexibility index (Phi) is 4.11. The van der Waals surface area contributed by atoms with Crippen molar-refractivity contribution in [3.63, 3.8) is 0 Å². The van der Waals surface area contributed by atoms with E-state index in [1.165, 1.54) is 11.6 Å². The van der Waals surface area contributed by atoms with E-state index in [2.05, 4.69) is 4.98 Å². The molecular weight excluding hydrogens is 351 g/mol. The maximum atomic E-state index is 12.3. The predicted molar refractivity (Wildman–Crippen MR) is 96.6 cm³/mol. The molecule has 0 aliphatic heterocycles. The number of aromatic nitrogens is 4. The summed E-state index contributed by atoms with van der Waals surface area (Å²) in [7, 11) is 4.77. The number of hydrogen-bond donors (Lipinski definition) is 0. The number of imidazole rings is 1. The third kappa shape index (κ3) is 2.57. The largest absolute Gasteiger partial charge is 0.332 e. The van der Waals surface area contributed by atoms with Crippen LogP contribution in [-0.2, 0) is 21.1 Å². The first kappa shape index (κ1) is 16.5. The Morgan fingerprint density at radius 2 is 1.67 bits per heavy atom. The van der Waals surface area contributed by atoms with Gasteiger partial charge in [0.05, 0.1) is 10.0 Å². The van der Waals surface area contributed by atoms with E-state index in [-0.39, 0.29) is 5.56 Å². The van der Waals surface area contributed by atoms with Gasteiger partial charge in [-0.15, -0.1) is 0 Å². The molecule has 3 aromatic rings. The van der Waals surface area contributed by atoms with E-state index >= 15 is 0 Å². The number of hydrogen-bond acceptors (Lipinski definition) is 3. The highest BCUT2D eigenvalue weighted by molar-refractivity contribution is 6.42. The first-order valence-corrected chi connectivity index (χ1v) is 7.82. The van der Waals surface area contributed by atoms with E-state index < -0.39 is 5.69 Å². The molecule has 3 rings (SSSR count). The zero-order valence-corrected chi connectivity index (χ0v) is 14.8. The van der Waals surface area contributed by atoms with E-state index in [0.29, 0.717) is 27.0 Å². The SMILES string of the molecule is Cn1c(=O)c2c(nc(/C=C/c3ccc(Cl)c(Cl)c3)n2C)n(C)c1=O. The lowest BCUT2D eigenvalue weighted by atomic mass is 10.2. The van der Waals surface area contributed by atoms with Crippen molar-refractivity contribution >= 4 is 46.5 Å². The van der Waals surface area contributed by atoms with Gasteiger partial charge in [0.2, 0.25) is 0 Å². The average molecular weight is 365 g/mol. The van der Waals surface area contributed by atoms with Crippen LogP contribution in [0.15, 0.2) is 27.8 Å². The summed E-state index contributed by atoms with van der Waals surface area (Å²) in [6.45, 7) is 0. The third-order valence-electron chi connectivity index (χ3n) is 3.88. The molecule has 0 N–H and O–H groups in total. The van der Waals surface area contributed by atoms with Gasteiger partial charge in [0, 0.05) is 21.1 Å². The van der Waals surface area contributed by atoms with Crippen LogP contribution in [0.4, 0.5) is 0 Å². The Labute approximate surface area is 147 Å². The Hall–Kier alpha value is -2.31. The topological polar surface area (TPSA) is 61.8 Å². The lowest BCUT2D eigenvalue weighted by molar-refractivity contribution is 0.705. The van der Waals surface area contributed by atoms with Crippen molar-refractivity contribution < 1.29 is 0 Å². The summed E-state index contributed by atoms with van der Waals surface area (Å²) in [5.41, 5.74) is 0.772. The van der Waals surface area contributed by atoms with Crippen molar-refractivity contribution in [2.75, 3.05) is 0 Å². The van der Waals surface area contributed by atoms with Crippen LogP contribution >= 0.6 is 23.2 Å². The number of halogens is 2. The van der Waals surface area contributed by atoms with Crippen LogP contribution in [0, 0.1) is 0 Å². The highest BCUT2D eigenvalue weighted by atomic mass is 35.5. The van der Waals surface area contributed by atoms with E-state index in [9.17, 15) is 9.59 Å². The van der Waals surface area contributed by atoms with Crippen molar-refractivity contribution in [1.82, 2.24) is 18.7 Å². The van der Waals surface area contributed by atoms with Gasteiger partial charge in [-0.1, -0.05) is 35.3 Å². The molecule has 0 spiro atoms. The fourth-order valence-electron chi connectivity index (χ4n) is 2.47. The van der Waals surface area contributed by atoms with Crippen LogP contribution in [0.5, 0.6) is 0 Å². The number of benzene rings is 1. The first-order chi connectivity index (χ1) is 11.3. The van der Waals surface area contributed by atoms with Gasteiger partial charge in [-0.25, -0.2) is 9.78 Å². The van der Waals surface area contributed by atoms with Crippen LogP contribution in [0.3, 0.4) is 0 Å². The lowest BCUT2D eigenvalue weighted by Crippen LogP contribution is -2.37. The molecule has 0 aliphatic rings. The van der Waals surface area contributed by atoms with Gasteiger partial charge in [0.15, 0.2) is 11.2 Å². The molecule has 124 valence electrons. The third-order valence-corrected chi connectivity index (χ3v) is 4.62. The second-order valence-electron chi connectivity index (χ2n) is 5.41. The number of aryl methyl sites for hydroxylation is 2. The van der Waals surface area contributed by atoms with Crippen LogP contribution in [0.25, 0.3) is 23.3 Å². The molecule has 0 radical (unpaired) electrons. The Bertz CT molecular complexity index is 1110. The molecular formula is C16H14Cl2N4O2. The quantitative estimate of drug-likeness (QED) is 0.701. The molecule has 24 heavy (non-hydrogen) atoms. The van der Waals surface area contributed by atoms with Crippen LogP contribution in [-0.4, -0.2) is 18.7 Å². The molecule has 0 saturated carbocycles. The zero-order valence-electron chi connectivity index (χ0n) is 13.2. The minimum absolute atomic E-state index is 0.347. The molecule has 0 aliphatic carbocycles. The van der Waals surface area contributed by atoms with E-state index in [1.54, 1.807) is 36.9 Å². The fraction of sp³-hybridized carbons (Fsp3) is 0.188. The molecule has 0 saturated heterocycles. The average Bonchev–Trinajstić information content (AvgIpc) is 2.89. The smallest absolute Gasteiger partial charge is 0.322 e. The minimum atomic E-state index is -0.411. The Morgan fingerprint density at radius 1 is 0.958 bits per heavy atom. The number of nitrogens with zero attached hydrogens (tertiary/aromatic N) is 4. The van der Waals surface area contributed by atoms with Gasteiger partial charge in [-0.2, -0.15) is 0 Å². The van der Waals surface area contributed by atoms with Gasteiger partial charge in [0.1, 0.15) is 5.82 Å². The normalized spacial score (nSPS) is 11.7. The van der Waals surface area contributed by atoms with Gasteiger partial charge in [0.25, 0.3) is 5.56 Å². The summed E-state index contributed by atoms with van der Waals surface area (Å²) in [4.78, 5) is 28.7. The minimum Gasteiger partial charge on any atom is -0.322 e. The van der Waals surface area contributed by atoms with Crippen molar-refractivity contribution in [1.29, 1.82) is 0 Å². The summed E-state index contributed by atoms with van der Waals surface area (Å²) in [5, 5.41) is 0.940. The summed E-state index contributed by atoms with van der Waals surface area (Å²) in [6, 6.07) is 5.26. The maximum Gasteiger partial charge on any atom is 0.332 e. The molecule has 0 fully saturated rings. The molecule has 6 nitrogen and oxygen atoms in total. The van der Waals surface area contributed by atoms with Gasteiger partial charge < -0.3 is 4.57 Å². The summed E-state index contributed by atoms with van der Waals surface area (Å²) < 4.78 is 4.08. The van der Waals surface area contributed by atoms with Crippen molar-refractivity contribution in [3.05, 3.63) is 60.5 Å². The second kappa shape index (κ2) is 5.96. The Balaban J connectivity index is 2.16. The highest BCUT2D eigenvalue weighted by Gasteiger charge is 2.15. The van der Waals surface area contributed by atoms with Gasteiger partial charge in [-0.3, -0.25) is 13.9 Å². The highest BCUT2D eigenvalue weighted by Crippen LogP contribution is 2.23. The number of rotatable bonds is 2. The standard InChI is InChI=1S/C16H14Cl2N4O2/c1-20-12(7-5-9-4-6-10(17)11(18)8-9)19-14-13(20)15(23)22(3)16(24)21(14)2/h4-8H,1-3H3/b7-5+. The monoisotopic (exact) mass is 364 g/mol. The van der Waals surface area contributed by atoms with Crippen molar-refractivity contribution in [3.8, 4) is 0 Å². The molecule has 0 amide bonds. The molecule has 1 aromatic carbocycles. The molecule has 0 unspecified atom stereocenters. The van der Waals surface area contributed by atoms with E-state index in [4.69, 9.17) is 23.2 Å². The van der Waals surface area contributed by atoms with E-state index in [0.717, 1.165) is 10.1 Å². The molecule has 0 bridgehead atoms. The molecule has 2 heterocycles. The van der Waals surface area contributed by atoms with E-state index in [1.807, 2.05) is 12.1 Å². The van der Waals surface area contributed by atoms with Crippen LogP contribution < -0.4 is 11.2 Å². The van der Waals surface area contributed by atoms with Crippen LogP contribution in [0.1, 0.15) is 11.4 Å². The first-order valence-electron chi connectivity index (χ1n) is 7.07. The number of fused-ring (bicyclic) bond motifs is 1.